The van der Waals surface area contributed by atoms with Crippen molar-refractivity contribution < 1.29 is 9.59 Å². The summed E-state index contributed by atoms with van der Waals surface area (Å²) in [6.07, 6.45) is 7.64. The number of carbonyl (C=O) groups is 2. The molecule has 30 heavy (non-hydrogen) atoms. The first kappa shape index (κ1) is 21.6. The van der Waals surface area contributed by atoms with Crippen molar-refractivity contribution in [2.45, 2.75) is 64.8 Å². The molecular weight excluding hydrogens is 416 g/mol. The minimum atomic E-state index is -0.0851. The van der Waals surface area contributed by atoms with E-state index >= 15 is 0 Å². The Balaban J connectivity index is 1.39. The van der Waals surface area contributed by atoms with Crippen molar-refractivity contribution >= 4 is 49.1 Å². The first-order valence-corrected chi connectivity index (χ1v) is 13.0. The molecule has 4 rings (SSSR count). The Bertz CT molecular complexity index is 851. The molecule has 1 unspecified atom stereocenters. The second-order valence-corrected chi connectivity index (χ2v) is 10.4. The van der Waals surface area contributed by atoms with Gasteiger partial charge in [0.2, 0.25) is 5.91 Å². The third-order valence-electron chi connectivity index (χ3n) is 6.35. The molecule has 0 aromatic carbocycles. The van der Waals surface area contributed by atoms with Crippen molar-refractivity contribution in [1.29, 1.82) is 0 Å². The van der Waals surface area contributed by atoms with E-state index in [1.807, 2.05) is 11.0 Å². The van der Waals surface area contributed by atoms with E-state index in [-0.39, 0.29) is 17.7 Å². The molecule has 1 aliphatic heterocycles. The zero-order chi connectivity index (χ0) is 21.1. The lowest BCUT2D eigenvalue weighted by Gasteiger charge is -2.33. The van der Waals surface area contributed by atoms with E-state index in [1.54, 1.807) is 11.3 Å². The van der Waals surface area contributed by atoms with Crippen molar-refractivity contribution in [2.75, 3.05) is 31.1 Å². The summed E-state index contributed by atoms with van der Waals surface area (Å²) in [5.41, 5.74) is 0. The van der Waals surface area contributed by atoms with Gasteiger partial charge in [0.15, 0.2) is 5.13 Å². The molecule has 164 valence electrons. The molecule has 1 saturated carbocycles. The third-order valence-corrected chi connectivity index (χ3v) is 8.56. The molecule has 6 nitrogen and oxygen atoms in total. The fraction of sp³-hybridized carbons (Fsp3) is 0.682. The van der Waals surface area contributed by atoms with E-state index in [4.69, 9.17) is 4.98 Å². The summed E-state index contributed by atoms with van der Waals surface area (Å²) >= 11 is 3.13. The Kier molecular flexibility index (Phi) is 6.93. The Morgan fingerprint density at radius 3 is 2.60 bits per heavy atom. The van der Waals surface area contributed by atoms with Crippen LogP contribution in [0.4, 0.5) is 5.13 Å². The Labute approximate surface area is 186 Å². The molecule has 2 fully saturated rings. The molecule has 2 aliphatic rings. The molecule has 1 aliphatic carbocycles. The van der Waals surface area contributed by atoms with Gasteiger partial charge in [0.05, 0.1) is 15.5 Å². The third kappa shape index (κ3) is 4.64. The first-order valence-electron chi connectivity index (χ1n) is 11.3. The first-order chi connectivity index (χ1) is 14.6. The predicted molar refractivity (Wildman–Crippen MR) is 125 cm³/mol. The number of nitrogens with zero attached hydrogens (tertiary/aromatic N) is 3. The van der Waals surface area contributed by atoms with Gasteiger partial charge in [0.1, 0.15) is 4.83 Å². The summed E-state index contributed by atoms with van der Waals surface area (Å²) in [5, 5.41) is 4.27. The van der Waals surface area contributed by atoms with Crippen LogP contribution in [0.2, 0.25) is 0 Å². The van der Waals surface area contributed by atoms with Crippen molar-refractivity contribution in [3.63, 3.8) is 0 Å². The molecule has 3 heterocycles. The number of thiophene rings is 1. The van der Waals surface area contributed by atoms with Gasteiger partial charge < -0.3 is 15.1 Å². The molecule has 0 bridgehead atoms. The number of aromatic nitrogens is 1. The van der Waals surface area contributed by atoms with Gasteiger partial charge in [-0.3, -0.25) is 9.59 Å². The molecule has 2 aromatic heterocycles. The minimum Gasteiger partial charge on any atom is -0.353 e. The Morgan fingerprint density at radius 1 is 1.13 bits per heavy atom. The van der Waals surface area contributed by atoms with Crippen LogP contribution in [0.1, 0.15) is 68.5 Å². The highest BCUT2D eigenvalue weighted by Gasteiger charge is 2.31. The quantitative estimate of drug-likeness (QED) is 0.706. The number of carbonyl (C=O) groups excluding carboxylic acids is 2. The number of piperidine rings is 1. The number of anilines is 1. The van der Waals surface area contributed by atoms with Gasteiger partial charge in [0.25, 0.3) is 5.91 Å². The van der Waals surface area contributed by atoms with E-state index < -0.39 is 0 Å². The van der Waals surface area contributed by atoms with Crippen LogP contribution < -0.4 is 10.2 Å². The molecule has 2 aromatic rings. The molecule has 1 saturated heterocycles. The van der Waals surface area contributed by atoms with Crippen LogP contribution in [0.25, 0.3) is 9.53 Å². The van der Waals surface area contributed by atoms with Crippen LogP contribution in [0.15, 0.2) is 6.07 Å². The molecular formula is C22H32N4O2S2. The zero-order valence-electron chi connectivity index (χ0n) is 18.0. The Hall–Kier alpha value is -1.67. The summed E-state index contributed by atoms with van der Waals surface area (Å²) in [4.78, 5) is 36.4. The fourth-order valence-electron chi connectivity index (χ4n) is 4.56. The number of thiazole rings is 1. The highest BCUT2D eigenvalue weighted by atomic mass is 32.1. The average molecular weight is 449 g/mol. The standard InChI is InChI=1S/C22H32N4O2S2/c1-3-25(4-2)22-24-20-17(30-22)13-18(29-20)21(28)26-12-8-9-15(14-26)19(27)23-16-10-6-5-7-11-16/h13,15-16H,3-12,14H2,1-2H3,(H,23,27). The van der Waals surface area contributed by atoms with Crippen LogP contribution in [0.5, 0.6) is 0 Å². The van der Waals surface area contributed by atoms with Crippen LogP contribution in [-0.4, -0.2) is 53.9 Å². The van der Waals surface area contributed by atoms with E-state index in [0.29, 0.717) is 12.6 Å². The van der Waals surface area contributed by atoms with Gasteiger partial charge in [-0.1, -0.05) is 30.6 Å². The molecule has 2 amide bonds. The topological polar surface area (TPSA) is 65.5 Å². The molecule has 1 N–H and O–H groups in total. The smallest absolute Gasteiger partial charge is 0.264 e. The SMILES string of the molecule is CCN(CC)c1nc2sc(C(=O)N3CCCC(C(=O)NC4CCCCC4)C3)cc2s1. The zero-order valence-corrected chi connectivity index (χ0v) is 19.6. The lowest BCUT2D eigenvalue weighted by Crippen LogP contribution is -2.47. The van der Waals surface area contributed by atoms with E-state index in [2.05, 4.69) is 24.1 Å². The second kappa shape index (κ2) is 9.64. The molecule has 8 heteroatoms. The number of hydrogen-bond donors (Lipinski definition) is 1. The van der Waals surface area contributed by atoms with Crippen molar-refractivity contribution in [2.24, 2.45) is 5.92 Å². The maximum absolute atomic E-state index is 13.1. The summed E-state index contributed by atoms with van der Waals surface area (Å²) in [5.74, 6) is 0.0972. The highest BCUT2D eigenvalue weighted by molar-refractivity contribution is 7.29. The van der Waals surface area contributed by atoms with Crippen LogP contribution >= 0.6 is 22.7 Å². The van der Waals surface area contributed by atoms with Gasteiger partial charge in [0, 0.05) is 32.2 Å². The monoisotopic (exact) mass is 448 g/mol. The maximum atomic E-state index is 13.1. The van der Waals surface area contributed by atoms with Gasteiger partial charge in [-0.05, 0) is 45.6 Å². The van der Waals surface area contributed by atoms with Gasteiger partial charge in [-0.2, -0.15) is 0 Å². The lowest BCUT2D eigenvalue weighted by molar-refractivity contribution is -0.127. The minimum absolute atomic E-state index is 0.0461. The van der Waals surface area contributed by atoms with Gasteiger partial charge >= 0.3 is 0 Å². The lowest BCUT2D eigenvalue weighted by atomic mass is 9.93. The summed E-state index contributed by atoms with van der Waals surface area (Å²) in [6, 6.07) is 2.31. The molecule has 0 radical (unpaired) electrons. The van der Waals surface area contributed by atoms with E-state index in [0.717, 1.165) is 64.9 Å². The molecule has 1 atom stereocenters. The van der Waals surface area contributed by atoms with E-state index in [9.17, 15) is 9.59 Å². The van der Waals surface area contributed by atoms with Crippen molar-refractivity contribution in [1.82, 2.24) is 15.2 Å². The highest BCUT2D eigenvalue weighted by Crippen LogP contribution is 2.35. The second-order valence-electron chi connectivity index (χ2n) is 8.38. The van der Waals surface area contributed by atoms with Crippen LogP contribution in [0, 0.1) is 5.92 Å². The number of fused-ring (bicyclic) bond motifs is 1. The maximum Gasteiger partial charge on any atom is 0.264 e. The number of likely N-dealkylation sites (tertiary alicyclic amines) is 1. The molecule has 0 spiro atoms. The van der Waals surface area contributed by atoms with Crippen LogP contribution in [0.3, 0.4) is 0 Å². The van der Waals surface area contributed by atoms with Gasteiger partial charge in [-0.25, -0.2) is 4.98 Å². The van der Waals surface area contributed by atoms with Crippen molar-refractivity contribution in [3.8, 4) is 0 Å². The number of nitrogens with one attached hydrogen (secondary N) is 1. The fourth-order valence-corrected chi connectivity index (χ4v) is 6.86. The average Bonchev–Trinajstić information content (AvgIpc) is 3.34. The normalized spacial score (nSPS) is 20.5. The summed E-state index contributed by atoms with van der Waals surface area (Å²) in [6.45, 7) is 7.38. The summed E-state index contributed by atoms with van der Waals surface area (Å²) < 4.78 is 1.08. The van der Waals surface area contributed by atoms with Crippen molar-refractivity contribution in [3.05, 3.63) is 10.9 Å². The summed E-state index contributed by atoms with van der Waals surface area (Å²) in [7, 11) is 0. The predicted octanol–water partition coefficient (Wildman–Crippen LogP) is 4.51. The number of hydrogen-bond acceptors (Lipinski definition) is 6. The van der Waals surface area contributed by atoms with Gasteiger partial charge in [-0.15, -0.1) is 11.3 Å². The van der Waals surface area contributed by atoms with Crippen LogP contribution in [-0.2, 0) is 4.79 Å². The number of rotatable bonds is 6. The Morgan fingerprint density at radius 2 is 1.90 bits per heavy atom. The number of amides is 2. The largest absolute Gasteiger partial charge is 0.353 e. The van der Waals surface area contributed by atoms with E-state index in [1.165, 1.54) is 30.6 Å².